The number of rotatable bonds is 9. The fourth-order valence-corrected chi connectivity index (χ4v) is 5.42. The monoisotopic (exact) mass is 447 g/mol. The van der Waals surface area contributed by atoms with E-state index in [1.165, 1.54) is 21.9 Å². The Labute approximate surface area is 198 Å². The van der Waals surface area contributed by atoms with Crippen molar-refractivity contribution in [1.29, 1.82) is 0 Å². The van der Waals surface area contributed by atoms with E-state index in [9.17, 15) is 0 Å². The zero-order valence-electron chi connectivity index (χ0n) is 21.4. The summed E-state index contributed by atoms with van der Waals surface area (Å²) in [5.74, 6) is 7.37. The van der Waals surface area contributed by atoms with Crippen LogP contribution in [0.4, 0.5) is 0 Å². The number of benzene rings is 2. The highest BCUT2D eigenvalue weighted by atomic mass is 28.2. The minimum absolute atomic E-state index is 0.0458. The molecule has 0 aliphatic rings. The van der Waals surface area contributed by atoms with Crippen LogP contribution < -0.4 is 9.92 Å². The van der Waals surface area contributed by atoms with Gasteiger partial charge in [0.15, 0.2) is 0 Å². The van der Waals surface area contributed by atoms with Gasteiger partial charge in [-0.1, -0.05) is 60.4 Å². The number of hydrogen-bond acceptors (Lipinski definition) is 2. The van der Waals surface area contributed by atoms with E-state index in [0.717, 1.165) is 25.4 Å². The number of nitrogens with zero attached hydrogens (tertiary/aromatic N) is 1. The van der Waals surface area contributed by atoms with Gasteiger partial charge in [0.2, 0.25) is 0 Å². The van der Waals surface area contributed by atoms with Crippen LogP contribution in [0.3, 0.4) is 0 Å². The van der Waals surface area contributed by atoms with Gasteiger partial charge in [0, 0.05) is 18.5 Å². The zero-order valence-corrected chi connectivity index (χ0v) is 22.8. The van der Waals surface area contributed by atoms with Gasteiger partial charge in [-0.15, -0.1) is 0 Å². The minimum atomic E-state index is -0.585. The quantitative estimate of drug-likeness (QED) is 0.380. The summed E-state index contributed by atoms with van der Waals surface area (Å²) in [6.07, 6.45) is 4.13. The molecule has 2 aromatic carbocycles. The van der Waals surface area contributed by atoms with Crippen molar-refractivity contribution in [3.05, 3.63) is 71.3 Å². The first kappa shape index (κ1) is 26.0. The van der Waals surface area contributed by atoms with Gasteiger partial charge in [-0.3, -0.25) is 4.90 Å². The topological polar surface area (TPSA) is 12.5 Å². The van der Waals surface area contributed by atoms with Crippen molar-refractivity contribution >= 4 is 14.7 Å². The summed E-state index contributed by atoms with van der Waals surface area (Å²) >= 11 is 0. The van der Waals surface area contributed by atoms with Crippen LogP contribution in [-0.2, 0) is 6.54 Å². The van der Waals surface area contributed by atoms with Gasteiger partial charge < -0.3 is 4.74 Å². The Balaban J connectivity index is 1.99. The van der Waals surface area contributed by atoms with Crippen LogP contribution in [0, 0.1) is 31.1 Å². The molecule has 0 atom stereocenters. The van der Waals surface area contributed by atoms with Gasteiger partial charge in [0.05, 0.1) is 5.22 Å². The summed E-state index contributed by atoms with van der Waals surface area (Å²) in [4.78, 5) is 2.41. The molecule has 32 heavy (non-hydrogen) atoms. The van der Waals surface area contributed by atoms with Gasteiger partial charge in [0.25, 0.3) is 0 Å². The van der Waals surface area contributed by atoms with Crippen LogP contribution in [0.25, 0.3) is 0 Å². The first-order valence-corrected chi connectivity index (χ1v) is 13.1. The molecule has 0 aliphatic carbocycles. The van der Waals surface area contributed by atoms with Crippen molar-refractivity contribution in [2.75, 3.05) is 13.1 Å². The molecule has 0 bridgehead atoms. The maximum absolute atomic E-state index is 6.49. The van der Waals surface area contributed by atoms with Gasteiger partial charge >= 0.3 is 0 Å². The molecule has 0 heterocycles. The van der Waals surface area contributed by atoms with Gasteiger partial charge in [-0.05, 0) is 89.9 Å². The van der Waals surface area contributed by atoms with Crippen LogP contribution in [-0.4, -0.2) is 32.7 Å². The predicted molar refractivity (Wildman–Crippen MR) is 143 cm³/mol. The van der Waals surface area contributed by atoms with Crippen molar-refractivity contribution in [1.82, 2.24) is 4.90 Å². The maximum Gasteiger partial charge on any atom is 0.119 e. The molecule has 172 valence electrons. The van der Waals surface area contributed by atoms with E-state index in [1.54, 1.807) is 0 Å². The van der Waals surface area contributed by atoms with Crippen LogP contribution >= 0.6 is 0 Å². The van der Waals surface area contributed by atoms with Crippen LogP contribution in [0.1, 0.15) is 58.2 Å². The highest BCUT2D eigenvalue weighted by molar-refractivity contribution is 6.56. The highest BCUT2D eigenvalue weighted by Crippen LogP contribution is 2.20. The van der Waals surface area contributed by atoms with E-state index in [1.807, 2.05) is 6.08 Å². The summed E-state index contributed by atoms with van der Waals surface area (Å²) in [6, 6.07) is 15.4. The van der Waals surface area contributed by atoms with Gasteiger partial charge in [-0.25, -0.2) is 0 Å². The lowest BCUT2D eigenvalue weighted by Gasteiger charge is -2.27. The van der Waals surface area contributed by atoms with Crippen molar-refractivity contribution in [2.45, 2.75) is 67.2 Å². The lowest BCUT2D eigenvalue weighted by Crippen LogP contribution is -2.42. The Kier molecular flexibility index (Phi) is 9.37. The smallest absolute Gasteiger partial charge is 0.119 e. The number of likely N-dealkylation sites (N-methyl/N-ethyl adjacent to an activating group) is 1. The Morgan fingerprint density at radius 1 is 1.00 bits per heavy atom. The maximum atomic E-state index is 6.49. The summed E-state index contributed by atoms with van der Waals surface area (Å²) in [6.45, 7) is 20.2. The number of hydrogen-bond donors (Lipinski definition) is 0. The van der Waals surface area contributed by atoms with E-state index in [0.29, 0.717) is 0 Å². The predicted octanol–water partition coefficient (Wildman–Crippen LogP) is 5.34. The van der Waals surface area contributed by atoms with Gasteiger partial charge in [0.1, 0.15) is 15.3 Å². The molecular formula is C29H41NOSi. The second kappa shape index (κ2) is 11.5. The molecule has 0 aromatic heterocycles. The number of allylic oxidation sites excluding steroid dienone is 1. The molecule has 0 N–H and O–H groups in total. The molecule has 0 spiro atoms. The van der Waals surface area contributed by atoms with E-state index in [4.69, 9.17) is 4.74 Å². The van der Waals surface area contributed by atoms with E-state index in [2.05, 4.69) is 121 Å². The Bertz CT molecular complexity index is 973. The minimum Gasteiger partial charge on any atom is -0.492 e. The second-order valence-electron chi connectivity index (χ2n) is 10.4. The normalized spacial score (nSPS) is 12.5. The molecule has 2 nitrogen and oxygen atoms in total. The number of aryl methyl sites for hydroxylation is 2. The Morgan fingerprint density at radius 3 is 2.41 bits per heavy atom. The molecule has 0 amide bonds. The molecule has 0 saturated carbocycles. The van der Waals surface area contributed by atoms with E-state index < -0.39 is 9.52 Å². The lowest BCUT2D eigenvalue weighted by molar-refractivity contribution is 0.195. The first-order valence-electron chi connectivity index (χ1n) is 11.7. The number of ether oxygens (including phenoxy) is 1. The SMILES string of the molecule is CCN(C/C=C/C#CC(C)(C)C)Cc1cccc(OC(C)(C)[SiH2]c2ccc(C)c(C)c2)c1. The van der Waals surface area contributed by atoms with Crippen LogP contribution in [0.5, 0.6) is 5.75 Å². The van der Waals surface area contributed by atoms with Gasteiger partial charge in [-0.2, -0.15) is 0 Å². The third-order valence-electron chi connectivity index (χ3n) is 5.36. The van der Waals surface area contributed by atoms with E-state index >= 15 is 0 Å². The largest absolute Gasteiger partial charge is 0.492 e. The summed E-state index contributed by atoms with van der Waals surface area (Å²) in [7, 11) is -0.585. The molecule has 0 fully saturated rings. The molecule has 0 aliphatic heterocycles. The molecule has 0 saturated heterocycles. The molecule has 3 heteroatoms. The second-order valence-corrected chi connectivity index (χ2v) is 13.2. The van der Waals surface area contributed by atoms with E-state index in [-0.39, 0.29) is 10.6 Å². The summed E-state index contributed by atoms with van der Waals surface area (Å²) < 4.78 is 6.49. The van der Waals surface area contributed by atoms with Crippen LogP contribution in [0.2, 0.25) is 0 Å². The third-order valence-corrected chi connectivity index (χ3v) is 7.20. The molecule has 2 aromatic rings. The third kappa shape index (κ3) is 9.47. The first-order chi connectivity index (χ1) is 15.0. The van der Waals surface area contributed by atoms with Crippen molar-refractivity contribution < 1.29 is 4.74 Å². The summed E-state index contributed by atoms with van der Waals surface area (Å²) in [5, 5.41) is 1.31. The molecule has 0 unspecified atom stereocenters. The Morgan fingerprint density at radius 2 is 1.75 bits per heavy atom. The van der Waals surface area contributed by atoms with Crippen molar-refractivity contribution in [3.63, 3.8) is 0 Å². The zero-order chi connectivity index (χ0) is 23.8. The van der Waals surface area contributed by atoms with Crippen LogP contribution in [0.15, 0.2) is 54.6 Å². The molecular weight excluding hydrogens is 406 g/mol. The lowest BCUT2D eigenvalue weighted by atomic mass is 9.98. The van der Waals surface area contributed by atoms with Crippen molar-refractivity contribution in [2.24, 2.45) is 5.41 Å². The fraction of sp³-hybridized carbons (Fsp3) is 0.448. The average Bonchev–Trinajstić information content (AvgIpc) is 2.68. The molecule has 2 rings (SSSR count). The highest BCUT2D eigenvalue weighted by Gasteiger charge is 2.21. The summed E-state index contributed by atoms with van der Waals surface area (Å²) in [5.41, 5.74) is 4.04. The van der Waals surface area contributed by atoms with Crippen molar-refractivity contribution in [3.8, 4) is 17.6 Å². The molecule has 0 radical (unpaired) electrons. The Hall–Kier alpha value is -2.28. The average molecular weight is 448 g/mol. The fourth-order valence-electron chi connectivity index (χ4n) is 3.55. The standard InChI is InChI=1S/C29H41NOSi/c1-9-30(19-12-10-11-18-28(4,5)6)22-25-14-13-15-26(21-25)31-29(7,8)32-27-17-16-23(2)24(3)20-27/h10,12-17,20-21H,9,19,22,32H2,1-8H3/b12-10+.